The molecule has 0 spiro atoms. The average Bonchev–Trinajstić information content (AvgIpc) is 2.68. The molecule has 1 aromatic carbocycles. The van der Waals surface area contributed by atoms with Gasteiger partial charge >= 0.3 is 0 Å². The van der Waals surface area contributed by atoms with Crippen LogP contribution in [-0.2, 0) is 14.8 Å². The van der Waals surface area contributed by atoms with Crippen molar-refractivity contribution in [1.29, 1.82) is 0 Å². The zero-order valence-corrected chi connectivity index (χ0v) is 17.5. The Balaban J connectivity index is 1.64. The van der Waals surface area contributed by atoms with Gasteiger partial charge in [-0.25, -0.2) is 12.8 Å². The highest BCUT2D eigenvalue weighted by molar-refractivity contribution is 7.89. The molecule has 1 amide bonds. The molecule has 7 nitrogen and oxygen atoms in total. The molecular weight excluding hydrogens is 383 g/mol. The highest BCUT2D eigenvalue weighted by Crippen LogP contribution is 2.14. The first-order chi connectivity index (χ1) is 13.3. The fourth-order valence-corrected chi connectivity index (χ4v) is 4.27. The van der Waals surface area contributed by atoms with Crippen molar-refractivity contribution in [1.82, 2.24) is 19.4 Å². The van der Waals surface area contributed by atoms with E-state index in [0.717, 1.165) is 68.5 Å². The Morgan fingerprint density at radius 3 is 2.32 bits per heavy atom. The van der Waals surface area contributed by atoms with E-state index in [4.69, 9.17) is 0 Å². The third-order valence-electron chi connectivity index (χ3n) is 5.02. The van der Waals surface area contributed by atoms with E-state index in [2.05, 4.69) is 22.0 Å². The molecule has 0 atom stereocenters. The molecule has 1 aromatic rings. The molecule has 0 unspecified atom stereocenters. The van der Waals surface area contributed by atoms with Crippen LogP contribution in [0, 0.1) is 5.82 Å². The number of hydrogen-bond donors (Lipinski definition) is 1. The summed E-state index contributed by atoms with van der Waals surface area (Å²) in [6.07, 6.45) is 1.85. The number of benzene rings is 1. The van der Waals surface area contributed by atoms with E-state index in [-0.39, 0.29) is 17.3 Å². The van der Waals surface area contributed by atoms with Crippen LogP contribution in [0.25, 0.3) is 0 Å². The van der Waals surface area contributed by atoms with Crippen LogP contribution in [-0.4, -0.2) is 87.8 Å². The molecule has 1 aliphatic heterocycles. The highest BCUT2D eigenvalue weighted by atomic mass is 32.2. The van der Waals surface area contributed by atoms with Crippen LogP contribution in [0.5, 0.6) is 0 Å². The van der Waals surface area contributed by atoms with Crippen molar-refractivity contribution < 1.29 is 17.6 Å². The van der Waals surface area contributed by atoms with E-state index < -0.39 is 15.8 Å². The minimum absolute atomic E-state index is 0.0348. The van der Waals surface area contributed by atoms with E-state index in [9.17, 15) is 17.6 Å². The number of carbonyl (C=O) groups is 1. The van der Waals surface area contributed by atoms with Gasteiger partial charge in [-0.1, -0.05) is 6.92 Å². The van der Waals surface area contributed by atoms with Crippen molar-refractivity contribution in [3.8, 4) is 0 Å². The molecular formula is C19H31FN4O3S. The SMILES string of the molecule is CCN1CCN(CCCCNC(=O)CN(C)S(=O)(=O)c2ccc(F)cc2)CC1. The lowest BCUT2D eigenvalue weighted by Gasteiger charge is -2.33. The fourth-order valence-electron chi connectivity index (χ4n) is 3.15. The molecule has 0 saturated carbocycles. The second-order valence-corrected chi connectivity index (χ2v) is 9.09. The van der Waals surface area contributed by atoms with E-state index in [0.29, 0.717) is 6.54 Å². The number of halogens is 1. The monoisotopic (exact) mass is 414 g/mol. The maximum absolute atomic E-state index is 13.0. The summed E-state index contributed by atoms with van der Waals surface area (Å²) in [4.78, 5) is 16.9. The smallest absolute Gasteiger partial charge is 0.243 e. The molecule has 0 bridgehead atoms. The molecule has 1 heterocycles. The summed E-state index contributed by atoms with van der Waals surface area (Å²) in [5.74, 6) is -0.851. The van der Waals surface area contributed by atoms with Crippen LogP contribution in [0.2, 0.25) is 0 Å². The first-order valence-electron chi connectivity index (χ1n) is 9.76. The predicted molar refractivity (Wildman–Crippen MR) is 107 cm³/mol. The number of unbranched alkanes of at least 4 members (excludes halogenated alkanes) is 1. The highest BCUT2D eigenvalue weighted by Gasteiger charge is 2.22. The minimum Gasteiger partial charge on any atom is -0.355 e. The van der Waals surface area contributed by atoms with Crippen LogP contribution in [0.1, 0.15) is 19.8 Å². The summed E-state index contributed by atoms with van der Waals surface area (Å²) < 4.78 is 38.7. The Kier molecular flexibility index (Phi) is 8.81. The van der Waals surface area contributed by atoms with Gasteiger partial charge in [0.2, 0.25) is 15.9 Å². The Labute approximate surface area is 167 Å². The number of hydrogen-bond acceptors (Lipinski definition) is 5. The number of sulfonamides is 1. The van der Waals surface area contributed by atoms with E-state index in [1.807, 2.05) is 0 Å². The lowest BCUT2D eigenvalue weighted by Crippen LogP contribution is -2.46. The summed E-state index contributed by atoms with van der Waals surface area (Å²) in [6, 6.07) is 4.56. The molecule has 1 saturated heterocycles. The Hall–Kier alpha value is -1.55. The van der Waals surface area contributed by atoms with Gasteiger partial charge in [-0.2, -0.15) is 4.31 Å². The number of piperazine rings is 1. The minimum atomic E-state index is -3.81. The average molecular weight is 415 g/mol. The summed E-state index contributed by atoms with van der Waals surface area (Å²) >= 11 is 0. The van der Waals surface area contributed by atoms with Gasteiger partial charge in [-0.05, 0) is 50.2 Å². The Morgan fingerprint density at radius 2 is 1.71 bits per heavy atom. The second-order valence-electron chi connectivity index (χ2n) is 7.05. The van der Waals surface area contributed by atoms with Gasteiger partial charge in [0.1, 0.15) is 5.82 Å². The molecule has 1 aliphatic rings. The van der Waals surface area contributed by atoms with E-state index in [1.165, 1.54) is 19.2 Å². The molecule has 2 rings (SSSR count). The topological polar surface area (TPSA) is 73.0 Å². The first-order valence-corrected chi connectivity index (χ1v) is 11.2. The lowest BCUT2D eigenvalue weighted by molar-refractivity contribution is -0.121. The summed E-state index contributed by atoms with van der Waals surface area (Å²) in [5, 5.41) is 2.77. The van der Waals surface area contributed by atoms with Gasteiger partial charge in [0.15, 0.2) is 0 Å². The zero-order chi connectivity index (χ0) is 20.6. The van der Waals surface area contributed by atoms with E-state index in [1.54, 1.807) is 0 Å². The quantitative estimate of drug-likeness (QED) is 0.578. The number of rotatable bonds is 10. The van der Waals surface area contributed by atoms with Crippen LogP contribution in [0.15, 0.2) is 29.2 Å². The number of amides is 1. The molecule has 1 N–H and O–H groups in total. The van der Waals surface area contributed by atoms with Crippen molar-refractivity contribution in [2.24, 2.45) is 0 Å². The standard InChI is InChI=1S/C19H31FN4O3S/c1-3-23-12-14-24(15-13-23)11-5-4-10-21-19(25)16-22(2)28(26,27)18-8-6-17(20)7-9-18/h6-9H,3-5,10-16H2,1-2H3,(H,21,25). The van der Waals surface area contributed by atoms with Gasteiger partial charge in [0.05, 0.1) is 11.4 Å². The fraction of sp³-hybridized carbons (Fsp3) is 0.632. The number of nitrogens with zero attached hydrogens (tertiary/aromatic N) is 3. The Bertz CT molecular complexity index is 719. The van der Waals surface area contributed by atoms with Crippen molar-refractivity contribution >= 4 is 15.9 Å². The molecule has 1 fully saturated rings. The van der Waals surface area contributed by atoms with Gasteiger partial charge in [-0.15, -0.1) is 0 Å². The van der Waals surface area contributed by atoms with Crippen molar-refractivity contribution in [2.45, 2.75) is 24.7 Å². The molecule has 0 radical (unpaired) electrons. The van der Waals surface area contributed by atoms with Gasteiger partial charge in [-0.3, -0.25) is 4.79 Å². The summed E-state index contributed by atoms with van der Waals surface area (Å²) in [5.41, 5.74) is 0. The maximum atomic E-state index is 13.0. The molecule has 158 valence electrons. The van der Waals surface area contributed by atoms with Crippen LogP contribution in [0.4, 0.5) is 4.39 Å². The third-order valence-corrected chi connectivity index (χ3v) is 6.84. The lowest BCUT2D eigenvalue weighted by atomic mass is 10.2. The maximum Gasteiger partial charge on any atom is 0.243 e. The van der Waals surface area contributed by atoms with E-state index >= 15 is 0 Å². The van der Waals surface area contributed by atoms with Crippen LogP contribution < -0.4 is 5.32 Å². The first kappa shape index (κ1) is 22.7. The third kappa shape index (κ3) is 6.80. The molecule has 0 aliphatic carbocycles. The Morgan fingerprint density at radius 1 is 1.11 bits per heavy atom. The summed E-state index contributed by atoms with van der Waals surface area (Å²) in [7, 11) is -2.47. The second kappa shape index (κ2) is 10.8. The number of carbonyl (C=O) groups excluding carboxylic acids is 1. The van der Waals surface area contributed by atoms with Gasteiger partial charge < -0.3 is 15.1 Å². The van der Waals surface area contributed by atoms with Gasteiger partial charge in [0.25, 0.3) is 0 Å². The van der Waals surface area contributed by atoms with Gasteiger partial charge in [0, 0.05) is 39.8 Å². The molecule has 28 heavy (non-hydrogen) atoms. The molecule has 0 aromatic heterocycles. The number of likely N-dealkylation sites (N-methyl/N-ethyl adjacent to an activating group) is 2. The largest absolute Gasteiger partial charge is 0.355 e. The van der Waals surface area contributed by atoms with Crippen LogP contribution >= 0.6 is 0 Å². The van der Waals surface area contributed by atoms with Crippen LogP contribution in [0.3, 0.4) is 0 Å². The van der Waals surface area contributed by atoms with Crippen molar-refractivity contribution in [3.05, 3.63) is 30.1 Å². The van der Waals surface area contributed by atoms with Crippen molar-refractivity contribution in [2.75, 3.05) is 59.4 Å². The predicted octanol–water partition coefficient (Wildman–Crippen LogP) is 0.980. The zero-order valence-electron chi connectivity index (χ0n) is 16.7. The number of nitrogens with one attached hydrogen (secondary N) is 1. The van der Waals surface area contributed by atoms with Crippen molar-refractivity contribution in [3.63, 3.8) is 0 Å². The molecule has 9 heteroatoms. The normalized spacial score (nSPS) is 16.4. The summed E-state index contributed by atoms with van der Waals surface area (Å²) in [6.45, 7) is 8.97.